The summed E-state index contributed by atoms with van der Waals surface area (Å²) in [5, 5.41) is 54.5. The molecule has 39 heavy (non-hydrogen) atoms. The molecule has 1 atom stereocenters. The number of carboxylic acid groups (broad SMARTS) is 4. The van der Waals surface area contributed by atoms with Gasteiger partial charge in [0.25, 0.3) is 0 Å². The van der Waals surface area contributed by atoms with Gasteiger partial charge in [-0.2, -0.15) is 5.26 Å². The van der Waals surface area contributed by atoms with Gasteiger partial charge in [0, 0.05) is 76.4 Å². The predicted octanol–water partition coefficient (Wildman–Crippen LogP) is -4.27. The van der Waals surface area contributed by atoms with Gasteiger partial charge in [-0.25, -0.2) is 0 Å². The number of rotatable bonds is 11. The number of thiocyanates is 1. The van der Waals surface area contributed by atoms with E-state index in [1.807, 2.05) is 17.5 Å². The minimum absolute atomic E-state index is 0. The number of hydrogen-bond donors (Lipinski definition) is 1. The molecule has 1 aliphatic heterocycles. The molecule has 1 aromatic carbocycles. The molecule has 0 saturated carbocycles. The first-order valence-corrected chi connectivity index (χ1v) is 12.7. The van der Waals surface area contributed by atoms with E-state index in [2.05, 4.69) is 0 Å². The van der Waals surface area contributed by atoms with Crippen LogP contribution < -0.4 is 15.3 Å². The summed E-state index contributed by atoms with van der Waals surface area (Å²) in [6, 6.07) is 6.65. The smallest absolute Gasteiger partial charge is 0.549 e. The third-order valence-electron chi connectivity index (χ3n) is 6.11. The first-order chi connectivity index (χ1) is 18.0. The van der Waals surface area contributed by atoms with Crippen molar-refractivity contribution in [1.29, 1.82) is 5.26 Å². The van der Waals surface area contributed by atoms with Gasteiger partial charge in [-0.05, 0) is 35.9 Å². The van der Waals surface area contributed by atoms with Crippen molar-refractivity contribution in [3.8, 4) is 5.40 Å². The van der Waals surface area contributed by atoms with Crippen LogP contribution in [-0.2, 0) is 25.6 Å². The van der Waals surface area contributed by atoms with Crippen LogP contribution in [-0.4, -0.2) is 127 Å². The standard InChI is InChI=1S/C24H33N5O8S.Lu/c25-17-38-20-3-1-18(2-4-20)11-19-12-28(15-23(34)35)8-7-26(13-21(30)31)5-6-27(14-22(32)33)9-10-29(19)16-24(36)37;/h1-4,19H,5-16H2,(H,30,31)(H,32,33)(H,34,35)(H,36,37);/q;+3/p-3. The first kappa shape index (κ1) is 35.0. The topological polar surface area (TPSA) is 194 Å². The summed E-state index contributed by atoms with van der Waals surface area (Å²) in [7, 11) is 0. The molecule has 0 spiro atoms. The molecular formula is C24H30LuN5O8S. The van der Waals surface area contributed by atoms with Gasteiger partial charge >= 0.3 is 42.8 Å². The maximum absolute atomic E-state index is 11.7. The molecule has 15 heteroatoms. The zero-order chi connectivity index (χ0) is 28.1. The van der Waals surface area contributed by atoms with Crippen LogP contribution in [0.15, 0.2) is 29.2 Å². The van der Waals surface area contributed by atoms with E-state index in [1.54, 1.807) is 26.8 Å². The van der Waals surface area contributed by atoms with Crippen LogP contribution in [0.4, 0.5) is 0 Å². The Morgan fingerprint density at radius 1 is 0.821 bits per heavy atom. The molecule has 1 fully saturated rings. The van der Waals surface area contributed by atoms with Gasteiger partial charge in [0.05, 0.1) is 24.5 Å². The van der Waals surface area contributed by atoms with Crippen LogP contribution in [0.1, 0.15) is 5.56 Å². The summed E-state index contributed by atoms with van der Waals surface area (Å²) in [5.41, 5.74) is 0.832. The minimum atomic E-state index is -1.33. The number of benzene rings is 1. The number of nitriles is 1. The Balaban J connectivity index is 0.00000760. The largest absolute Gasteiger partial charge is 3.00 e. The van der Waals surface area contributed by atoms with Crippen LogP contribution >= 0.6 is 11.8 Å². The van der Waals surface area contributed by atoms with Crippen LogP contribution in [0.2, 0.25) is 0 Å². The Bertz CT molecular complexity index is 1010. The van der Waals surface area contributed by atoms with Crippen molar-refractivity contribution in [2.75, 3.05) is 72.0 Å². The number of carbonyl (C=O) groups is 4. The molecule has 0 radical (unpaired) electrons. The number of thioether (sulfide) groups is 1. The molecule has 13 nitrogen and oxygen atoms in total. The van der Waals surface area contributed by atoms with Gasteiger partial charge in [0.1, 0.15) is 5.40 Å². The Hall–Kier alpha value is -1.99. The van der Waals surface area contributed by atoms with Crippen LogP contribution in [0.5, 0.6) is 0 Å². The van der Waals surface area contributed by atoms with Crippen molar-refractivity contribution in [2.45, 2.75) is 17.4 Å². The van der Waals surface area contributed by atoms with E-state index in [1.165, 1.54) is 4.90 Å². The predicted molar refractivity (Wildman–Crippen MR) is 129 cm³/mol. The minimum Gasteiger partial charge on any atom is -0.549 e. The fourth-order valence-electron chi connectivity index (χ4n) is 4.35. The van der Waals surface area contributed by atoms with E-state index < -0.39 is 49.6 Å². The zero-order valence-corrected chi connectivity index (χ0v) is 23.6. The second-order valence-corrected chi connectivity index (χ2v) is 9.82. The molecule has 0 aliphatic carbocycles. The summed E-state index contributed by atoms with van der Waals surface area (Å²) in [6.45, 7) is -0.520. The third kappa shape index (κ3) is 14.3. The summed E-state index contributed by atoms with van der Waals surface area (Å²) >= 11 is 0.999. The van der Waals surface area contributed by atoms with Crippen LogP contribution in [0.3, 0.4) is 0 Å². The van der Waals surface area contributed by atoms with Gasteiger partial charge in [0.15, 0.2) is 0 Å². The van der Waals surface area contributed by atoms with Gasteiger partial charge in [0.2, 0.25) is 0 Å². The van der Waals surface area contributed by atoms with Crippen molar-refractivity contribution in [2.24, 2.45) is 0 Å². The summed E-state index contributed by atoms with van der Waals surface area (Å²) in [4.78, 5) is 52.9. The second-order valence-electron chi connectivity index (χ2n) is 8.96. The van der Waals surface area contributed by atoms with E-state index in [4.69, 9.17) is 5.26 Å². The van der Waals surface area contributed by atoms with Crippen LogP contribution in [0, 0.1) is 47.5 Å². The molecule has 2 rings (SSSR count). The Morgan fingerprint density at radius 2 is 1.28 bits per heavy atom. The number of carboxylic acids is 4. The molecular weight excluding hydrogens is 693 g/mol. The van der Waals surface area contributed by atoms with Crippen molar-refractivity contribution in [3.05, 3.63) is 29.8 Å². The monoisotopic (exact) mass is 723 g/mol. The Labute approximate surface area is 260 Å². The molecule has 1 N–H and O–H groups in total. The summed E-state index contributed by atoms with van der Waals surface area (Å²) in [5.74, 6) is -5.06. The maximum Gasteiger partial charge on any atom is 3.00 e. The Morgan fingerprint density at radius 3 is 1.74 bits per heavy atom. The summed E-state index contributed by atoms with van der Waals surface area (Å²) in [6.07, 6.45) is 0.345. The first-order valence-electron chi connectivity index (χ1n) is 11.9. The van der Waals surface area contributed by atoms with E-state index in [0.29, 0.717) is 6.42 Å². The van der Waals surface area contributed by atoms with Crippen molar-refractivity contribution in [1.82, 2.24) is 19.6 Å². The summed E-state index contributed by atoms with van der Waals surface area (Å²) < 4.78 is 0. The fraction of sp³-hybridized carbons (Fsp3) is 0.542. The van der Waals surface area contributed by atoms with Gasteiger partial charge < -0.3 is 34.8 Å². The van der Waals surface area contributed by atoms with Gasteiger partial charge in [-0.1, -0.05) is 12.1 Å². The van der Waals surface area contributed by atoms with Crippen molar-refractivity contribution in [3.63, 3.8) is 0 Å². The fourth-order valence-corrected chi connectivity index (χ4v) is 4.73. The zero-order valence-electron chi connectivity index (χ0n) is 21.1. The molecule has 220 valence electrons. The number of aliphatic carboxylic acids is 4. The molecule has 1 saturated heterocycles. The molecule has 0 amide bonds. The molecule has 1 unspecified atom stereocenters. The van der Waals surface area contributed by atoms with Crippen molar-refractivity contribution >= 4 is 35.6 Å². The van der Waals surface area contributed by atoms with E-state index in [0.717, 1.165) is 22.2 Å². The Kier molecular flexibility index (Phi) is 16.5. The second kappa shape index (κ2) is 18.4. The van der Waals surface area contributed by atoms with E-state index >= 15 is 0 Å². The normalized spacial score (nSPS) is 18.6. The average molecular weight is 724 g/mol. The number of hydrogen-bond acceptors (Lipinski definition) is 13. The van der Waals surface area contributed by atoms with E-state index in [9.17, 15) is 39.6 Å². The molecule has 1 heterocycles. The number of nitrogens with zero attached hydrogens (tertiary/aromatic N) is 5. The maximum atomic E-state index is 11.7. The number of carbonyl (C=O) groups excluding carboxylic acids is 3. The van der Waals surface area contributed by atoms with E-state index in [-0.39, 0.29) is 89.2 Å². The van der Waals surface area contributed by atoms with Crippen LogP contribution in [0.25, 0.3) is 0 Å². The molecule has 0 aromatic heterocycles. The SMILES string of the molecule is N#CSc1ccc(CC2CN(CC(=O)[O-])CCN(CC(=O)[O-])CCN(CC(=O)[O-])CCN2CC(=O)O)cc1.[Lu+3]. The molecule has 1 aliphatic rings. The average Bonchev–Trinajstić information content (AvgIpc) is 2.82. The quantitative estimate of drug-likeness (QED) is 0.170. The third-order valence-corrected chi connectivity index (χ3v) is 6.71. The molecule has 1 aromatic rings. The van der Waals surface area contributed by atoms with Gasteiger partial charge in [-0.3, -0.25) is 24.4 Å². The van der Waals surface area contributed by atoms with Crippen molar-refractivity contribution < 1.29 is 76.5 Å². The molecule has 0 bridgehead atoms. The van der Waals surface area contributed by atoms with Gasteiger partial charge in [-0.15, -0.1) is 0 Å².